The van der Waals surface area contributed by atoms with E-state index in [1.165, 1.54) is 128 Å². The summed E-state index contributed by atoms with van der Waals surface area (Å²) in [6.07, 6.45) is 35.2. The van der Waals surface area contributed by atoms with Gasteiger partial charge in [-0.1, -0.05) is 154 Å². The van der Waals surface area contributed by atoms with Crippen molar-refractivity contribution in [3.8, 4) is 0 Å². The molecule has 0 radical (unpaired) electrons. The molecular weight excluding hydrogens is 580 g/mol. The van der Waals surface area contributed by atoms with Gasteiger partial charge in [0.15, 0.2) is 0 Å². The van der Waals surface area contributed by atoms with Crippen LogP contribution in [0.15, 0.2) is 0 Å². The van der Waals surface area contributed by atoms with Gasteiger partial charge in [-0.25, -0.2) is 0 Å². The van der Waals surface area contributed by atoms with E-state index >= 15 is 0 Å². The molecule has 0 aliphatic carbocycles. The van der Waals surface area contributed by atoms with Crippen LogP contribution in [0.1, 0.15) is 205 Å². The fourth-order valence-electron chi connectivity index (χ4n) is 5.84. The smallest absolute Gasteiger partial charge is 0.305 e. The first kappa shape index (κ1) is 43.9. The molecule has 0 saturated heterocycles. The zero-order chi connectivity index (χ0) is 33.8. The van der Waals surface area contributed by atoms with Gasteiger partial charge in [0.25, 0.3) is 0 Å². The van der Waals surface area contributed by atoms with Gasteiger partial charge in [-0.05, 0) is 25.7 Å². The molecule has 0 aliphatic heterocycles. The van der Waals surface area contributed by atoms with Crippen molar-refractivity contribution in [3.63, 3.8) is 0 Å². The Morgan fingerprint density at radius 3 is 0.652 bits per heavy atom. The molecule has 4 N–H and O–H groups in total. The van der Waals surface area contributed by atoms with Crippen molar-refractivity contribution in [2.75, 3.05) is 13.2 Å². The number of esters is 2. The van der Waals surface area contributed by atoms with Crippen LogP contribution in [0.4, 0.5) is 0 Å². The maximum Gasteiger partial charge on any atom is 0.305 e. The zero-order valence-electron chi connectivity index (χ0n) is 29.6. The number of carbonyl (C=O) groups is 4. The number of primary amides is 2. The second-order valence-corrected chi connectivity index (χ2v) is 13.3. The largest absolute Gasteiger partial charge is 0.462 e. The maximum atomic E-state index is 11.9. The van der Waals surface area contributed by atoms with E-state index in [-0.39, 0.29) is 37.0 Å². The molecule has 0 saturated carbocycles. The number of hydrogen-bond donors (Lipinski definition) is 2. The van der Waals surface area contributed by atoms with Crippen molar-refractivity contribution in [1.29, 1.82) is 0 Å². The van der Waals surface area contributed by atoms with Crippen LogP contribution in [0.5, 0.6) is 0 Å². The molecule has 8 heteroatoms. The van der Waals surface area contributed by atoms with Gasteiger partial charge in [-0.3, -0.25) is 19.2 Å². The van der Waals surface area contributed by atoms with Gasteiger partial charge in [0.05, 0.1) is 0 Å². The Morgan fingerprint density at radius 2 is 0.457 bits per heavy atom. The van der Waals surface area contributed by atoms with Gasteiger partial charge in [-0.15, -0.1) is 0 Å². The van der Waals surface area contributed by atoms with Crippen LogP contribution >= 0.6 is 0 Å². The van der Waals surface area contributed by atoms with E-state index in [1.807, 2.05) is 0 Å². The summed E-state index contributed by atoms with van der Waals surface area (Å²) in [6.45, 7) is 0.299. The monoisotopic (exact) mass is 653 g/mol. The summed E-state index contributed by atoms with van der Waals surface area (Å²) >= 11 is 0. The molecule has 0 aromatic rings. The van der Waals surface area contributed by atoms with Gasteiger partial charge in [-0.2, -0.15) is 0 Å². The molecule has 0 atom stereocenters. The number of ether oxygens (including phenoxy) is 2. The molecule has 0 unspecified atom stereocenters. The van der Waals surface area contributed by atoms with Crippen molar-refractivity contribution in [1.82, 2.24) is 0 Å². The lowest BCUT2D eigenvalue weighted by molar-refractivity contribution is -0.152. The third-order valence-corrected chi connectivity index (χ3v) is 8.72. The Hall–Kier alpha value is -2.12. The van der Waals surface area contributed by atoms with Crippen molar-refractivity contribution >= 4 is 23.8 Å². The fraction of sp³-hybridized carbons (Fsp3) is 0.895. The highest BCUT2D eigenvalue weighted by Gasteiger charge is 2.06. The van der Waals surface area contributed by atoms with E-state index < -0.39 is 0 Å². The maximum absolute atomic E-state index is 11.9. The molecular formula is C38H72N2O6. The lowest BCUT2D eigenvalue weighted by Crippen LogP contribution is -2.13. The fourth-order valence-corrected chi connectivity index (χ4v) is 5.84. The highest BCUT2D eigenvalue weighted by Crippen LogP contribution is 2.15. The van der Waals surface area contributed by atoms with Gasteiger partial charge >= 0.3 is 11.9 Å². The third-order valence-electron chi connectivity index (χ3n) is 8.72. The molecule has 0 aromatic heterocycles. The highest BCUT2D eigenvalue weighted by molar-refractivity contribution is 5.73. The molecule has 0 rings (SSSR count). The van der Waals surface area contributed by atoms with Crippen LogP contribution < -0.4 is 11.5 Å². The van der Waals surface area contributed by atoms with Crippen molar-refractivity contribution < 1.29 is 28.7 Å². The minimum Gasteiger partial charge on any atom is -0.462 e. The van der Waals surface area contributed by atoms with Gasteiger partial charge in [0.1, 0.15) is 13.2 Å². The summed E-state index contributed by atoms with van der Waals surface area (Å²) in [4.78, 5) is 45.2. The number of rotatable bonds is 37. The molecule has 46 heavy (non-hydrogen) atoms. The number of nitrogens with two attached hydrogens (primary N) is 2. The Kier molecular flexibility index (Phi) is 34.1. The van der Waals surface area contributed by atoms with Crippen LogP contribution in [-0.4, -0.2) is 37.0 Å². The van der Waals surface area contributed by atoms with Crippen LogP contribution in [0.3, 0.4) is 0 Å². The molecule has 0 aliphatic rings. The number of carbonyl (C=O) groups excluding carboxylic acids is 4. The molecule has 0 heterocycles. The SMILES string of the molecule is NC(=O)CCCCCCCCCCCCCCCCC(=O)OCCOC(=O)CCCCCCCCCCCCCCCCC(N)=O. The summed E-state index contributed by atoms with van der Waals surface area (Å²) in [6, 6.07) is 0. The molecule has 270 valence electrons. The van der Waals surface area contributed by atoms with E-state index in [0.29, 0.717) is 25.7 Å². The minimum atomic E-state index is -0.197. The molecule has 0 spiro atoms. The second kappa shape index (κ2) is 35.7. The van der Waals surface area contributed by atoms with E-state index in [2.05, 4.69) is 0 Å². The first-order chi connectivity index (χ1) is 22.4. The predicted molar refractivity (Wildman–Crippen MR) is 188 cm³/mol. The van der Waals surface area contributed by atoms with Crippen LogP contribution in [0.25, 0.3) is 0 Å². The normalized spacial score (nSPS) is 11.0. The molecule has 0 fully saturated rings. The van der Waals surface area contributed by atoms with Crippen molar-refractivity contribution in [2.24, 2.45) is 11.5 Å². The lowest BCUT2D eigenvalue weighted by atomic mass is 10.0. The van der Waals surface area contributed by atoms with Crippen molar-refractivity contribution in [2.45, 2.75) is 205 Å². The Balaban J connectivity index is 3.27. The van der Waals surface area contributed by atoms with Crippen LogP contribution in [0, 0.1) is 0 Å². The summed E-state index contributed by atoms with van der Waals surface area (Å²) in [7, 11) is 0. The molecule has 8 nitrogen and oxygen atoms in total. The van der Waals surface area contributed by atoms with E-state index in [1.54, 1.807) is 0 Å². The topological polar surface area (TPSA) is 139 Å². The second-order valence-electron chi connectivity index (χ2n) is 13.3. The van der Waals surface area contributed by atoms with Crippen molar-refractivity contribution in [3.05, 3.63) is 0 Å². The Bertz CT molecular complexity index is 670. The summed E-state index contributed by atoms with van der Waals surface area (Å²) in [5.74, 6) is -0.765. The van der Waals surface area contributed by atoms with Crippen LogP contribution in [0.2, 0.25) is 0 Å². The first-order valence-corrected chi connectivity index (χ1v) is 19.3. The summed E-state index contributed by atoms with van der Waals surface area (Å²) in [5.41, 5.74) is 10.3. The van der Waals surface area contributed by atoms with Crippen LogP contribution in [-0.2, 0) is 28.7 Å². The number of amides is 2. The average Bonchev–Trinajstić information content (AvgIpc) is 3.02. The van der Waals surface area contributed by atoms with Gasteiger partial charge < -0.3 is 20.9 Å². The summed E-state index contributed by atoms with van der Waals surface area (Å²) < 4.78 is 10.4. The molecule has 0 bridgehead atoms. The highest BCUT2D eigenvalue weighted by atomic mass is 16.6. The Morgan fingerprint density at radius 1 is 0.283 bits per heavy atom. The minimum absolute atomic E-state index is 0.150. The lowest BCUT2D eigenvalue weighted by Gasteiger charge is -2.07. The number of hydrogen-bond acceptors (Lipinski definition) is 6. The third kappa shape index (κ3) is 38.1. The quantitative estimate of drug-likeness (QED) is 0.0506. The molecule has 2 amide bonds. The van der Waals surface area contributed by atoms with E-state index in [0.717, 1.165) is 51.4 Å². The van der Waals surface area contributed by atoms with Gasteiger partial charge in [0.2, 0.25) is 11.8 Å². The van der Waals surface area contributed by atoms with Gasteiger partial charge in [0, 0.05) is 25.7 Å². The number of unbranched alkanes of at least 4 members (excludes halogenated alkanes) is 26. The summed E-state index contributed by atoms with van der Waals surface area (Å²) in [5, 5.41) is 0. The Labute approximate surface area is 282 Å². The predicted octanol–water partition coefficient (Wildman–Crippen LogP) is 9.53. The standard InChI is InChI=1S/C38H72N2O6/c39-35(41)29-25-21-17-13-9-5-1-3-7-11-15-19-23-27-31-37(43)45-33-34-46-38(44)32-28-24-20-16-12-8-4-2-6-10-14-18-22-26-30-36(40)42/h1-34H2,(H2,39,41)(H2,40,42). The van der Waals surface area contributed by atoms with E-state index in [9.17, 15) is 19.2 Å². The zero-order valence-corrected chi connectivity index (χ0v) is 29.6. The first-order valence-electron chi connectivity index (χ1n) is 19.3. The molecule has 0 aromatic carbocycles. The van der Waals surface area contributed by atoms with E-state index in [4.69, 9.17) is 20.9 Å². The average molecular weight is 653 g/mol.